The van der Waals surface area contributed by atoms with E-state index < -0.39 is 0 Å². The molecule has 0 amide bonds. The summed E-state index contributed by atoms with van der Waals surface area (Å²) in [4.78, 5) is 0. The molecule has 0 aromatic heterocycles. The normalized spacial score (nSPS) is 19.6. The lowest BCUT2D eigenvalue weighted by Crippen LogP contribution is -2.34. The number of aryl methyl sites for hydroxylation is 1. The van der Waals surface area contributed by atoms with Crippen molar-refractivity contribution in [3.63, 3.8) is 0 Å². The van der Waals surface area contributed by atoms with Crippen LogP contribution in [0.2, 0.25) is 0 Å². The first kappa shape index (κ1) is 13.2. The van der Waals surface area contributed by atoms with Crippen LogP contribution in [0.5, 0.6) is 11.5 Å². The maximum Gasteiger partial charge on any atom is 0.160 e. The van der Waals surface area contributed by atoms with Gasteiger partial charge in [-0.25, -0.2) is 0 Å². The molecule has 1 heterocycles. The predicted molar refractivity (Wildman–Crippen MR) is 73.5 cm³/mol. The fraction of sp³-hybridized carbons (Fsp3) is 0.600. The van der Waals surface area contributed by atoms with E-state index in [4.69, 9.17) is 9.47 Å². The third kappa shape index (κ3) is 3.39. The Balaban J connectivity index is 1.92. The third-order valence-electron chi connectivity index (χ3n) is 3.64. The Labute approximate surface area is 109 Å². The molecule has 18 heavy (non-hydrogen) atoms. The van der Waals surface area contributed by atoms with E-state index in [1.807, 2.05) is 6.07 Å². The van der Waals surface area contributed by atoms with Gasteiger partial charge in [0.05, 0.1) is 14.2 Å². The summed E-state index contributed by atoms with van der Waals surface area (Å²) in [6.07, 6.45) is 6.30. The number of nitrogens with one attached hydrogen (secondary N) is 1. The number of rotatable bonds is 5. The maximum atomic E-state index is 5.33. The minimum atomic E-state index is 0.687. The van der Waals surface area contributed by atoms with Gasteiger partial charge in [-0.3, -0.25) is 0 Å². The third-order valence-corrected chi connectivity index (χ3v) is 3.64. The van der Waals surface area contributed by atoms with Crippen LogP contribution in [0.1, 0.15) is 31.2 Å². The van der Waals surface area contributed by atoms with E-state index in [1.54, 1.807) is 14.2 Å². The minimum absolute atomic E-state index is 0.687. The molecule has 2 rings (SSSR count). The quantitative estimate of drug-likeness (QED) is 0.870. The molecule has 0 radical (unpaired) electrons. The molecule has 0 bridgehead atoms. The smallest absolute Gasteiger partial charge is 0.160 e. The van der Waals surface area contributed by atoms with Crippen LogP contribution in [0.15, 0.2) is 18.2 Å². The molecule has 1 fully saturated rings. The number of ether oxygens (including phenoxy) is 2. The first-order valence-electron chi connectivity index (χ1n) is 6.78. The standard InChI is InChI=1S/C15H23NO2/c1-17-14-9-7-12(11-15(14)18-2)6-8-13-5-3-4-10-16-13/h7,9,11,13,16H,3-6,8,10H2,1-2H3/t13-/m1/s1. The number of benzene rings is 1. The van der Waals surface area contributed by atoms with Crippen LogP contribution < -0.4 is 14.8 Å². The van der Waals surface area contributed by atoms with Gasteiger partial charge in [-0.1, -0.05) is 12.5 Å². The molecule has 1 atom stereocenters. The molecule has 0 aliphatic carbocycles. The number of hydrogen-bond acceptors (Lipinski definition) is 3. The Morgan fingerprint density at radius 2 is 2.00 bits per heavy atom. The van der Waals surface area contributed by atoms with Gasteiger partial charge < -0.3 is 14.8 Å². The van der Waals surface area contributed by atoms with Crippen LogP contribution in [-0.2, 0) is 6.42 Å². The molecule has 0 spiro atoms. The zero-order valence-corrected chi connectivity index (χ0v) is 11.4. The molecule has 3 nitrogen and oxygen atoms in total. The molecule has 1 aliphatic heterocycles. The Morgan fingerprint density at radius 1 is 1.17 bits per heavy atom. The lowest BCUT2D eigenvalue weighted by molar-refractivity contribution is 0.354. The van der Waals surface area contributed by atoms with Gasteiger partial charge in [0.1, 0.15) is 0 Å². The molecule has 0 saturated carbocycles. The van der Waals surface area contributed by atoms with Gasteiger partial charge in [-0.15, -0.1) is 0 Å². The molecule has 1 saturated heterocycles. The summed E-state index contributed by atoms with van der Waals surface area (Å²) in [6, 6.07) is 6.89. The van der Waals surface area contributed by atoms with Crippen LogP contribution >= 0.6 is 0 Å². The van der Waals surface area contributed by atoms with Gasteiger partial charge in [-0.05, 0) is 49.9 Å². The highest BCUT2D eigenvalue weighted by molar-refractivity contribution is 5.42. The largest absolute Gasteiger partial charge is 0.493 e. The molecule has 1 aromatic carbocycles. The Bertz CT molecular complexity index is 373. The minimum Gasteiger partial charge on any atom is -0.493 e. The van der Waals surface area contributed by atoms with Crippen molar-refractivity contribution in [2.45, 2.75) is 38.1 Å². The highest BCUT2D eigenvalue weighted by Gasteiger charge is 2.12. The van der Waals surface area contributed by atoms with Crippen molar-refractivity contribution in [2.24, 2.45) is 0 Å². The van der Waals surface area contributed by atoms with Crippen LogP contribution in [-0.4, -0.2) is 26.8 Å². The first-order valence-corrected chi connectivity index (χ1v) is 6.78. The van der Waals surface area contributed by atoms with Crippen molar-refractivity contribution >= 4 is 0 Å². The molecule has 3 heteroatoms. The molecule has 1 N–H and O–H groups in total. The average molecular weight is 249 g/mol. The van der Waals surface area contributed by atoms with E-state index in [1.165, 1.54) is 37.8 Å². The SMILES string of the molecule is COc1ccc(CC[C@H]2CCCCN2)cc1OC. The summed E-state index contributed by atoms with van der Waals surface area (Å²) in [7, 11) is 3.35. The van der Waals surface area contributed by atoms with Crippen molar-refractivity contribution in [3.8, 4) is 11.5 Å². The second kappa shape index (κ2) is 6.64. The highest BCUT2D eigenvalue weighted by Crippen LogP contribution is 2.28. The van der Waals surface area contributed by atoms with Gasteiger partial charge >= 0.3 is 0 Å². The van der Waals surface area contributed by atoms with E-state index in [-0.39, 0.29) is 0 Å². The topological polar surface area (TPSA) is 30.5 Å². The van der Waals surface area contributed by atoms with Crippen molar-refractivity contribution in [3.05, 3.63) is 23.8 Å². The molecule has 100 valence electrons. The van der Waals surface area contributed by atoms with Crippen molar-refractivity contribution in [1.82, 2.24) is 5.32 Å². The lowest BCUT2D eigenvalue weighted by Gasteiger charge is -2.23. The maximum absolute atomic E-state index is 5.33. The van der Waals surface area contributed by atoms with E-state index in [0.29, 0.717) is 6.04 Å². The Morgan fingerprint density at radius 3 is 2.67 bits per heavy atom. The number of hydrogen-bond donors (Lipinski definition) is 1. The van der Waals surface area contributed by atoms with Crippen LogP contribution in [0.4, 0.5) is 0 Å². The number of piperidine rings is 1. The van der Waals surface area contributed by atoms with Crippen LogP contribution in [0.3, 0.4) is 0 Å². The number of methoxy groups -OCH3 is 2. The van der Waals surface area contributed by atoms with E-state index in [2.05, 4.69) is 17.4 Å². The average Bonchev–Trinajstić information content (AvgIpc) is 2.45. The van der Waals surface area contributed by atoms with Gasteiger partial charge in [0.25, 0.3) is 0 Å². The molecule has 0 unspecified atom stereocenters. The second-order valence-electron chi connectivity index (χ2n) is 4.87. The van der Waals surface area contributed by atoms with Crippen molar-refractivity contribution in [1.29, 1.82) is 0 Å². The van der Waals surface area contributed by atoms with Crippen LogP contribution in [0.25, 0.3) is 0 Å². The summed E-state index contributed by atoms with van der Waals surface area (Å²) in [6.45, 7) is 1.18. The predicted octanol–water partition coefficient (Wildman–Crippen LogP) is 2.78. The zero-order chi connectivity index (χ0) is 12.8. The molecular weight excluding hydrogens is 226 g/mol. The van der Waals surface area contributed by atoms with Gasteiger partial charge in [0.2, 0.25) is 0 Å². The fourth-order valence-electron chi connectivity index (χ4n) is 2.55. The summed E-state index contributed by atoms with van der Waals surface area (Å²) in [5.74, 6) is 1.63. The molecule has 1 aromatic rings. The second-order valence-corrected chi connectivity index (χ2v) is 4.87. The molecular formula is C15H23NO2. The van der Waals surface area contributed by atoms with E-state index >= 15 is 0 Å². The van der Waals surface area contributed by atoms with E-state index in [0.717, 1.165) is 17.9 Å². The summed E-state index contributed by atoms with van der Waals surface area (Å²) in [5, 5.41) is 3.58. The monoisotopic (exact) mass is 249 g/mol. The van der Waals surface area contributed by atoms with Gasteiger partial charge in [-0.2, -0.15) is 0 Å². The summed E-state index contributed by atoms with van der Waals surface area (Å²) >= 11 is 0. The Kier molecular flexibility index (Phi) is 4.88. The highest BCUT2D eigenvalue weighted by atomic mass is 16.5. The fourth-order valence-corrected chi connectivity index (χ4v) is 2.55. The van der Waals surface area contributed by atoms with Gasteiger partial charge in [0.15, 0.2) is 11.5 Å². The van der Waals surface area contributed by atoms with Crippen molar-refractivity contribution < 1.29 is 9.47 Å². The van der Waals surface area contributed by atoms with Gasteiger partial charge in [0, 0.05) is 6.04 Å². The van der Waals surface area contributed by atoms with Crippen molar-refractivity contribution in [2.75, 3.05) is 20.8 Å². The summed E-state index contributed by atoms with van der Waals surface area (Å²) in [5.41, 5.74) is 1.32. The zero-order valence-electron chi connectivity index (χ0n) is 11.4. The van der Waals surface area contributed by atoms with E-state index in [9.17, 15) is 0 Å². The Hall–Kier alpha value is -1.22. The summed E-state index contributed by atoms with van der Waals surface area (Å²) < 4.78 is 10.6. The van der Waals surface area contributed by atoms with Crippen LogP contribution in [0, 0.1) is 0 Å². The lowest BCUT2D eigenvalue weighted by atomic mass is 9.98. The first-order chi connectivity index (χ1) is 8.83. The molecule has 1 aliphatic rings.